The predicted molar refractivity (Wildman–Crippen MR) is 68.7 cm³/mol. The minimum Gasteiger partial charge on any atom is -0.478 e. The van der Waals surface area contributed by atoms with Crippen LogP contribution in [0.15, 0.2) is 34.0 Å². The van der Waals surface area contributed by atoms with Crippen molar-refractivity contribution in [1.82, 2.24) is 9.55 Å². The zero-order valence-electron chi connectivity index (χ0n) is 10.8. The number of carboxylic acid groups (broad SMARTS) is 1. The maximum Gasteiger partial charge on any atom is 0.330 e. The lowest BCUT2D eigenvalue weighted by molar-refractivity contribution is -0.131. The summed E-state index contributed by atoms with van der Waals surface area (Å²) in [7, 11) is 0. The lowest BCUT2D eigenvalue weighted by Gasteiger charge is -2.27. The molecule has 4 N–H and O–H groups in total. The van der Waals surface area contributed by atoms with E-state index >= 15 is 0 Å². The predicted octanol–water partition coefficient (Wildman–Crippen LogP) is -2.03. The first-order valence-electron chi connectivity index (χ1n) is 6.09. The van der Waals surface area contributed by atoms with E-state index in [0.29, 0.717) is 0 Å². The molecule has 114 valence electrons. The summed E-state index contributed by atoms with van der Waals surface area (Å²) in [5, 5.41) is 27.7. The molecule has 0 saturated carbocycles. The Hall–Kier alpha value is -2.23. The van der Waals surface area contributed by atoms with Gasteiger partial charge >= 0.3 is 11.7 Å². The number of H-pyrrole nitrogens is 1. The number of nitrogens with zero attached hydrogens (tertiary/aromatic N) is 1. The summed E-state index contributed by atoms with van der Waals surface area (Å²) >= 11 is 0. The van der Waals surface area contributed by atoms with Crippen LogP contribution in [0.1, 0.15) is 6.42 Å². The van der Waals surface area contributed by atoms with Gasteiger partial charge in [-0.1, -0.05) is 0 Å². The van der Waals surface area contributed by atoms with E-state index < -0.39 is 41.8 Å². The Morgan fingerprint density at radius 1 is 1.57 bits per heavy atom. The van der Waals surface area contributed by atoms with Gasteiger partial charge in [0.1, 0.15) is 6.10 Å². The molecule has 1 aliphatic heterocycles. The van der Waals surface area contributed by atoms with Gasteiger partial charge in [-0.25, -0.2) is 9.59 Å². The Labute approximate surface area is 117 Å². The first-order valence-corrected chi connectivity index (χ1v) is 6.09. The third-order valence-corrected chi connectivity index (χ3v) is 3.18. The van der Waals surface area contributed by atoms with Crippen LogP contribution in [0.5, 0.6) is 0 Å². The smallest absolute Gasteiger partial charge is 0.330 e. The Balaban J connectivity index is 2.54. The van der Waals surface area contributed by atoms with Crippen molar-refractivity contribution in [2.24, 2.45) is 0 Å². The monoisotopic (exact) mass is 298 g/mol. The molecule has 2 heterocycles. The van der Waals surface area contributed by atoms with E-state index in [0.717, 1.165) is 29.0 Å². The highest BCUT2D eigenvalue weighted by Crippen LogP contribution is 2.35. The van der Waals surface area contributed by atoms with Crippen molar-refractivity contribution < 1.29 is 24.9 Å². The summed E-state index contributed by atoms with van der Waals surface area (Å²) in [6.45, 7) is -0.498. The lowest BCUT2D eigenvalue weighted by atomic mass is 10.1. The van der Waals surface area contributed by atoms with Crippen molar-refractivity contribution in [3.8, 4) is 0 Å². The van der Waals surface area contributed by atoms with Gasteiger partial charge in [-0.3, -0.25) is 14.3 Å². The van der Waals surface area contributed by atoms with E-state index in [4.69, 9.17) is 14.9 Å². The normalized spacial score (nSPS) is 29.0. The molecule has 21 heavy (non-hydrogen) atoms. The first-order chi connectivity index (χ1) is 9.88. The molecular weight excluding hydrogens is 284 g/mol. The molecule has 0 spiro atoms. The van der Waals surface area contributed by atoms with Gasteiger partial charge in [0.25, 0.3) is 5.56 Å². The molecule has 1 aromatic rings. The number of aliphatic hydroxyl groups is 2. The van der Waals surface area contributed by atoms with Crippen molar-refractivity contribution >= 4 is 5.97 Å². The van der Waals surface area contributed by atoms with Gasteiger partial charge < -0.3 is 20.1 Å². The number of hydrogen-bond acceptors (Lipinski definition) is 6. The molecular formula is C12H14N2O7. The first kappa shape index (κ1) is 15.2. The molecule has 0 unspecified atom stereocenters. The van der Waals surface area contributed by atoms with Crippen LogP contribution in [0.3, 0.4) is 0 Å². The molecule has 0 bridgehead atoms. The van der Waals surface area contributed by atoms with E-state index in [1.54, 1.807) is 0 Å². The van der Waals surface area contributed by atoms with Gasteiger partial charge in [-0.05, 0) is 6.08 Å². The number of ether oxygens (including phenoxy) is 1. The fourth-order valence-corrected chi connectivity index (χ4v) is 2.24. The van der Waals surface area contributed by atoms with Gasteiger partial charge in [-0.15, -0.1) is 0 Å². The highest BCUT2D eigenvalue weighted by atomic mass is 16.6. The lowest BCUT2D eigenvalue weighted by Crippen LogP contribution is -2.43. The molecule has 9 nitrogen and oxygen atoms in total. The number of aliphatic carboxylic acids is 1. The molecule has 9 heteroatoms. The van der Waals surface area contributed by atoms with Crippen LogP contribution in [-0.4, -0.2) is 49.7 Å². The third kappa shape index (κ3) is 2.94. The van der Waals surface area contributed by atoms with Crippen LogP contribution < -0.4 is 11.2 Å². The van der Waals surface area contributed by atoms with Gasteiger partial charge in [0, 0.05) is 24.8 Å². The average molecular weight is 298 g/mol. The number of carboxylic acids is 1. The van der Waals surface area contributed by atoms with Crippen molar-refractivity contribution in [2.75, 3.05) is 6.61 Å². The number of aliphatic hydroxyl groups excluding tert-OH is 2. The maximum atomic E-state index is 11.9. The second-order valence-corrected chi connectivity index (χ2v) is 4.61. The highest BCUT2D eigenvalue weighted by Gasteiger charge is 2.46. The topological polar surface area (TPSA) is 142 Å². The largest absolute Gasteiger partial charge is 0.478 e. The van der Waals surface area contributed by atoms with Crippen molar-refractivity contribution in [1.29, 1.82) is 0 Å². The van der Waals surface area contributed by atoms with Gasteiger partial charge in [0.05, 0.1) is 12.7 Å². The summed E-state index contributed by atoms with van der Waals surface area (Å²) in [6.07, 6.45) is 0.792. The molecule has 0 radical (unpaired) electrons. The zero-order chi connectivity index (χ0) is 15.6. The molecule has 2 rings (SSSR count). The average Bonchev–Trinajstić information content (AvgIpc) is 2.74. The summed E-state index contributed by atoms with van der Waals surface area (Å²) in [5.41, 5.74) is -3.03. The number of aromatic amines is 1. The Morgan fingerprint density at radius 3 is 2.81 bits per heavy atom. The van der Waals surface area contributed by atoms with Crippen LogP contribution in [0.25, 0.3) is 0 Å². The Bertz CT molecular complexity index is 677. The van der Waals surface area contributed by atoms with Crippen LogP contribution in [0.4, 0.5) is 0 Å². The fourth-order valence-electron chi connectivity index (χ4n) is 2.24. The standard InChI is InChI=1S/C12H14N2O7/c15-6-8-7(16)5-12(21-8,3-1-10(18)19)14-4-2-9(17)13-11(14)20/h1-4,7-8,15-16H,5-6H2,(H,18,19)(H,13,17,20)/t7-,8+,12+/m0/s1. The third-order valence-electron chi connectivity index (χ3n) is 3.18. The van der Waals surface area contributed by atoms with E-state index in [2.05, 4.69) is 0 Å². The summed E-state index contributed by atoms with van der Waals surface area (Å²) in [4.78, 5) is 35.7. The maximum absolute atomic E-state index is 11.9. The number of nitrogens with one attached hydrogen (secondary N) is 1. The van der Waals surface area contributed by atoms with E-state index in [-0.39, 0.29) is 6.42 Å². The minimum absolute atomic E-state index is 0.145. The minimum atomic E-state index is -1.59. The molecule has 0 aromatic carbocycles. The van der Waals surface area contributed by atoms with E-state index in [1.165, 1.54) is 0 Å². The van der Waals surface area contributed by atoms with Crippen molar-refractivity contribution in [3.63, 3.8) is 0 Å². The van der Waals surface area contributed by atoms with Gasteiger partial charge in [-0.2, -0.15) is 0 Å². The van der Waals surface area contributed by atoms with E-state index in [1.807, 2.05) is 4.98 Å². The number of aromatic nitrogens is 2. The molecule has 1 saturated heterocycles. The van der Waals surface area contributed by atoms with Crippen LogP contribution >= 0.6 is 0 Å². The zero-order valence-corrected chi connectivity index (χ0v) is 10.8. The molecule has 0 amide bonds. The summed E-state index contributed by atoms with van der Waals surface area (Å²) in [5.74, 6) is -1.27. The summed E-state index contributed by atoms with van der Waals surface area (Å²) in [6, 6.07) is 1.07. The SMILES string of the molecule is O=C(O)C=C[C@]1(n2ccc(=O)[nH]c2=O)C[C@H](O)[C@@H](CO)O1. The summed E-state index contributed by atoms with van der Waals surface area (Å²) < 4.78 is 6.42. The highest BCUT2D eigenvalue weighted by molar-refractivity contribution is 5.79. The number of carbonyl (C=O) groups is 1. The van der Waals surface area contributed by atoms with E-state index in [9.17, 15) is 19.5 Å². The quantitative estimate of drug-likeness (QED) is 0.470. The van der Waals surface area contributed by atoms with Gasteiger partial charge in [0.15, 0.2) is 5.72 Å². The number of rotatable bonds is 4. The van der Waals surface area contributed by atoms with Gasteiger partial charge in [0.2, 0.25) is 0 Å². The molecule has 1 aliphatic rings. The fraction of sp³-hybridized carbons (Fsp3) is 0.417. The second-order valence-electron chi connectivity index (χ2n) is 4.61. The van der Waals surface area contributed by atoms with Crippen LogP contribution in [0, 0.1) is 0 Å². The van der Waals surface area contributed by atoms with Crippen molar-refractivity contribution in [2.45, 2.75) is 24.4 Å². The second kappa shape index (κ2) is 5.64. The molecule has 1 fully saturated rings. The number of hydrogen-bond donors (Lipinski definition) is 4. The molecule has 3 atom stereocenters. The van der Waals surface area contributed by atoms with Crippen LogP contribution in [-0.2, 0) is 15.3 Å². The molecule has 1 aromatic heterocycles. The Kier molecular flexibility index (Phi) is 4.07. The van der Waals surface area contributed by atoms with Crippen LogP contribution in [0.2, 0.25) is 0 Å². The van der Waals surface area contributed by atoms with Crippen molar-refractivity contribution in [3.05, 3.63) is 45.3 Å². The molecule has 0 aliphatic carbocycles. The Morgan fingerprint density at radius 2 is 2.29 bits per heavy atom.